The van der Waals surface area contributed by atoms with Gasteiger partial charge in [0.05, 0.1) is 7.11 Å². The van der Waals surface area contributed by atoms with Gasteiger partial charge in [0.25, 0.3) is 0 Å². The van der Waals surface area contributed by atoms with Crippen LogP contribution in [0.4, 0.5) is 10.7 Å². The molecule has 1 saturated heterocycles. The van der Waals surface area contributed by atoms with E-state index in [-0.39, 0.29) is 0 Å². The lowest BCUT2D eigenvalue weighted by Crippen LogP contribution is -2.34. The van der Waals surface area contributed by atoms with Gasteiger partial charge in [0.2, 0.25) is 0 Å². The predicted octanol–water partition coefficient (Wildman–Crippen LogP) is 3.08. The van der Waals surface area contributed by atoms with Crippen molar-refractivity contribution >= 4 is 22.0 Å². The predicted molar refractivity (Wildman–Crippen MR) is 79.8 cm³/mol. The van der Waals surface area contributed by atoms with Crippen LogP contribution in [0.3, 0.4) is 0 Å². The first-order valence-corrected chi connectivity index (χ1v) is 7.51. The van der Waals surface area contributed by atoms with E-state index in [2.05, 4.69) is 24.8 Å². The molecule has 5 heteroatoms. The number of nitrogens with zero attached hydrogens (tertiary/aromatic N) is 2. The van der Waals surface area contributed by atoms with Gasteiger partial charge in [-0.1, -0.05) is 13.8 Å². The fourth-order valence-corrected chi connectivity index (χ4v) is 3.71. The number of rotatable bonds is 3. The molecule has 2 rings (SSSR count). The van der Waals surface area contributed by atoms with Gasteiger partial charge in [-0.2, -0.15) is 5.26 Å². The summed E-state index contributed by atoms with van der Waals surface area (Å²) in [6.45, 7) is 6.61. The lowest BCUT2D eigenvalue weighted by Gasteiger charge is -2.34. The maximum absolute atomic E-state index is 9.07. The molecule has 2 N–H and O–H groups in total. The van der Waals surface area contributed by atoms with Crippen LogP contribution in [0, 0.1) is 23.2 Å². The third-order valence-corrected chi connectivity index (χ3v) is 5.11. The van der Waals surface area contributed by atoms with E-state index in [4.69, 9.17) is 15.7 Å². The van der Waals surface area contributed by atoms with Gasteiger partial charge >= 0.3 is 0 Å². The zero-order chi connectivity index (χ0) is 14.0. The molecular weight excluding hydrogens is 258 g/mol. The molecule has 1 aromatic rings. The van der Waals surface area contributed by atoms with Gasteiger partial charge in [-0.05, 0) is 24.7 Å². The number of methoxy groups -OCH3 is 1. The first kappa shape index (κ1) is 14.0. The highest BCUT2D eigenvalue weighted by Crippen LogP contribution is 2.45. The molecule has 0 atom stereocenters. The van der Waals surface area contributed by atoms with E-state index in [1.54, 1.807) is 7.11 Å². The van der Waals surface area contributed by atoms with E-state index in [1.807, 2.05) is 0 Å². The van der Waals surface area contributed by atoms with Crippen LogP contribution < -0.4 is 15.4 Å². The van der Waals surface area contributed by atoms with E-state index in [9.17, 15) is 0 Å². The zero-order valence-corrected chi connectivity index (χ0v) is 12.6. The molecule has 104 valence electrons. The standard InChI is InChI=1S/C14H21N3OS/c1-9(2)10-4-6-17(7-5-10)14-13(18-3)12(16)11(8-15)19-14/h9-10H,4-7,16H2,1-3H3. The second-order valence-corrected chi connectivity index (χ2v) is 6.36. The van der Waals surface area contributed by atoms with Crippen molar-refractivity contribution in [3.8, 4) is 11.8 Å². The summed E-state index contributed by atoms with van der Waals surface area (Å²) in [5, 5.41) is 10.1. The largest absolute Gasteiger partial charge is 0.492 e. The average Bonchev–Trinajstić information content (AvgIpc) is 2.75. The Labute approximate surface area is 118 Å². The molecule has 0 aromatic carbocycles. The van der Waals surface area contributed by atoms with Gasteiger partial charge in [0.1, 0.15) is 21.6 Å². The number of ether oxygens (including phenoxy) is 1. The minimum Gasteiger partial charge on any atom is -0.492 e. The normalized spacial score (nSPS) is 16.7. The molecule has 0 saturated carbocycles. The highest BCUT2D eigenvalue weighted by atomic mass is 32.1. The van der Waals surface area contributed by atoms with Gasteiger partial charge in [0.15, 0.2) is 5.75 Å². The molecule has 1 aliphatic rings. The Morgan fingerprint density at radius 2 is 2.05 bits per heavy atom. The van der Waals surface area contributed by atoms with Crippen molar-refractivity contribution < 1.29 is 4.74 Å². The van der Waals surface area contributed by atoms with Crippen molar-refractivity contribution in [2.45, 2.75) is 26.7 Å². The fraction of sp³-hybridized carbons (Fsp3) is 0.643. The zero-order valence-electron chi connectivity index (χ0n) is 11.8. The quantitative estimate of drug-likeness (QED) is 0.923. The molecule has 19 heavy (non-hydrogen) atoms. The Hall–Kier alpha value is -1.41. The maximum Gasteiger partial charge on any atom is 0.177 e. The summed E-state index contributed by atoms with van der Waals surface area (Å²) in [6, 6.07) is 2.14. The van der Waals surface area contributed by atoms with Gasteiger partial charge in [-0.15, -0.1) is 11.3 Å². The molecule has 0 amide bonds. The van der Waals surface area contributed by atoms with Crippen LogP contribution in [0.1, 0.15) is 31.6 Å². The Balaban J connectivity index is 2.18. The van der Waals surface area contributed by atoms with Crippen LogP contribution in [0.5, 0.6) is 5.75 Å². The van der Waals surface area contributed by atoms with Gasteiger partial charge in [-0.3, -0.25) is 0 Å². The summed E-state index contributed by atoms with van der Waals surface area (Å²) >= 11 is 1.44. The van der Waals surface area contributed by atoms with E-state index < -0.39 is 0 Å². The van der Waals surface area contributed by atoms with Crippen LogP contribution in [0.2, 0.25) is 0 Å². The van der Waals surface area contributed by atoms with Crippen molar-refractivity contribution in [2.75, 3.05) is 30.8 Å². The number of anilines is 2. The van der Waals surface area contributed by atoms with Crippen LogP contribution >= 0.6 is 11.3 Å². The lowest BCUT2D eigenvalue weighted by molar-refractivity contribution is 0.310. The molecule has 1 fully saturated rings. The van der Waals surface area contributed by atoms with Crippen LogP contribution in [-0.2, 0) is 0 Å². The van der Waals surface area contributed by atoms with Gasteiger partial charge < -0.3 is 15.4 Å². The number of piperidine rings is 1. The Bertz CT molecular complexity index is 482. The molecule has 0 spiro atoms. The number of hydrogen-bond donors (Lipinski definition) is 1. The van der Waals surface area contributed by atoms with Crippen molar-refractivity contribution in [2.24, 2.45) is 11.8 Å². The van der Waals surface area contributed by atoms with Crippen LogP contribution in [0.15, 0.2) is 0 Å². The number of hydrogen-bond acceptors (Lipinski definition) is 5. The number of nitriles is 1. The molecular formula is C14H21N3OS. The molecule has 1 aromatic heterocycles. The molecule has 0 aliphatic carbocycles. The lowest BCUT2D eigenvalue weighted by atomic mass is 9.87. The second kappa shape index (κ2) is 5.70. The summed E-state index contributed by atoms with van der Waals surface area (Å²) in [5.41, 5.74) is 6.43. The topological polar surface area (TPSA) is 62.3 Å². The van der Waals surface area contributed by atoms with Crippen molar-refractivity contribution in [3.05, 3.63) is 4.88 Å². The average molecular weight is 279 g/mol. The highest BCUT2D eigenvalue weighted by molar-refractivity contribution is 7.17. The van der Waals surface area contributed by atoms with Crippen LogP contribution in [0.25, 0.3) is 0 Å². The first-order chi connectivity index (χ1) is 9.08. The summed E-state index contributed by atoms with van der Waals surface area (Å²) in [6.07, 6.45) is 2.39. The highest BCUT2D eigenvalue weighted by Gasteiger charge is 2.26. The van der Waals surface area contributed by atoms with Crippen LogP contribution in [-0.4, -0.2) is 20.2 Å². The molecule has 0 radical (unpaired) electrons. The van der Waals surface area contributed by atoms with E-state index >= 15 is 0 Å². The third kappa shape index (κ3) is 2.64. The minimum atomic E-state index is 0.482. The summed E-state index contributed by atoms with van der Waals surface area (Å²) in [7, 11) is 1.62. The smallest absolute Gasteiger partial charge is 0.177 e. The summed E-state index contributed by atoms with van der Waals surface area (Å²) in [4.78, 5) is 2.86. The third-order valence-electron chi connectivity index (χ3n) is 3.96. The number of nitrogen functional groups attached to an aromatic ring is 1. The fourth-order valence-electron chi connectivity index (χ4n) is 2.67. The van der Waals surface area contributed by atoms with E-state index in [0.29, 0.717) is 16.3 Å². The Morgan fingerprint density at radius 3 is 2.53 bits per heavy atom. The molecule has 1 aliphatic heterocycles. The Kier molecular flexibility index (Phi) is 4.20. The van der Waals surface area contributed by atoms with Crippen molar-refractivity contribution in [1.29, 1.82) is 5.26 Å². The van der Waals surface area contributed by atoms with E-state index in [0.717, 1.165) is 29.9 Å². The van der Waals surface area contributed by atoms with Crippen molar-refractivity contribution in [1.82, 2.24) is 0 Å². The molecule has 0 bridgehead atoms. The summed E-state index contributed by atoms with van der Waals surface area (Å²) in [5.74, 6) is 2.21. The minimum absolute atomic E-state index is 0.482. The SMILES string of the molecule is COc1c(N2CCC(C(C)C)CC2)sc(C#N)c1N. The van der Waals surface area contributed by atoms with Gasteiger partial charge in [-0.25, -0.2) is 0 Å². The second-order valence-electron chi connectivity index (χ2n) is 5.36. The number of nitrogens with two attached hydrogens (primary N) is 1. The molecule has 2 heterocycles. The van der Waals surface area contributed by atoms with E-state index in [1.165, 1.54) is 24.2 Å². The number of thiophene rings is 1. The molecule has 0 unspecified atom stereocenters. The monoisotopic (exact) mass is 279 g/mol. The Morgan fingerprint density at radius 1 is 1.42 bits per heavy atom. The van der Waals surface area contributed by atoms with Crippen molar-refractivity contribution in [3.63, 3.8) is 0 Å². The maximum atomic E-state index is 9.07. The summed E-state index contributed by atoms with van der Waals surface area (Å²) < 4.78 is 5.38. The van der Waals surface area contributed by atoms with Gasteiger partial charge in [0, 0.05) is 13.1 Å². The molecule has 4 nitrogen and oxygen atoms in total. The first-order valence-electron chi connectivity index (χ1n) is 6.69.